The van der Waals surface area contributed by atoms with Gasteiger partial charge in [0.2, 0.25) is 0 Å². The summed E-state index contributed by atoms with van der Waals surface area (Å²) in [5.74, 6) is 0. The lowest BCUT2D eigenvalue weighted by atomic mass is 9.83. The molecule has 35 heavy (non-hydrogen) atoms. The highest BCUT2D eigenvalue weighted by Crippen LogP contribution is 2.55. The monoisotopic (exact) mass is 446 g/mol. The Balaban J connectivity index is 1.30. The molecule has 3 heterocycles. The Kier molecular flexibility index (Phi) is 3.27. The van der Waals surface area contributed by atoms with Gasteiger partial charge in [0.25, 0.3) is 0 Å². The van der Waals surface area contributed by atoms with Crippen LogP contribution < -0.4 is 4.90 Å². The molecule has 0 radical (unpaired) electrons. The van der Waals surface area contributed by atoms with Crippen molar-refractivity contribution in [3.8, 4) is 22.3 Å². The zero-order valence-corrected chi connectivity index (χ0v) is 19.3. The Bertz CT molecular complexity index is 1630. The molecule has 0 amide bonds. The molecule has 0 spiro atoms. The van der Waals surface area contributed by atoms with Crippen molar-refractivity contribution < 1.29 is 0 Å². The van der Waals surface area contributed by atoms with E-state index in [2.05, 4.69) is 90.1 Å². The van der Waals surface area contributed by atoms with Crippen molar-refractivity contribution in [2.45, 2.75) is 25.7 Å². The van der Waals surface area contributed by atoms with Gasteiger partial charge in [0, 0.05) is 25.2 Å². The van der Waals surface area contributed by atoms with Crippen LogP contribution in [0, 0.1) is 0 Å². The first-order valence-corrected chi connectivity index (χ1v) is 12.6. The van der Waals surface area contributed by atoms with E-state index < -0.39 is 0 Å². The molecule has 2 aliphatic heterocycles. The van der Waals surface area contributed by atoms with Gasteiger partial charge in [-0.3, -0.25) is 4.98 Å². The second kappa shape index (κ2) is 6.28. The Labute approximate surface area is 204 Å². The quantitative estimate of drug-likeness (QED) is 0.240. The largest absolute Gasteiger partial charge is 0.309 e. The molecule has 0 N–H and O–H groups in total. The van der Waals surface area contributed by atoms with Crippen LogP contribution in [0.15, 0.2) is 85.2 Å². The van der Waals surface area contributed by atoms with E-state index in [1.54, 1.807) is 0 Å². The fourth-order valence-corrected chi connectivity index (χ4v) is 7.18. The zero-order valence-electron chi connectivity index (χ0n) is 19.3. The van der Waals surface area contributed by atoms with Gasteiger partial charge in [0.15, 0.2) is 0 Å². The Morgan fingerprint density at radius 1 is 0.457 bits per heavy atom. The topological polar surface area (TPSA) is 16.1 Å². The predicted octanol–water partition coefficient (Wildman–Crippen LogP) is 7.50. The second-order valence-corrected chi connectivity index (χ2v) is 10.3. The van der Waals surface area contributed by atoms with E-state index in [9.17, 15) is 0 Å². The molecule has 1 aromatic heterocycles. The molecule has 0 unspecified atom stereocenters. The fourth-order valence-electron chi connectivity index (χ4n) is 7.18. The van der Waals surface area contributed by atoms with Crippen LogP contribution >= 0.6 is 0 Å². The molecule has 0 fully saturated rings. The van der Waals surface area contributed by atoms with E-state index in [0.29, 0.717) is 0 Å². The molecule has 0 bridgehead atoms. The highest BCUT2D eigenvalue weighted by Gasteiger charge is 2.36. The maximum absolute atomic E-state index is 4.72. The van der Waals surface area contributed by atoms with E-state index in [1.807, 2.05) is 0 Å². The van der Waals surface area contributed by atoms with E-state index in [0.717, 1.165) is 25.7 Å². The fraction of sp³-hybridized carbons (Fsp3) is 0.121. The summed E-state index contributed by atoms with van der Waals surface area (Å²) in [5.41, 5.74) is 21.3. The summed E-state index contributed by atoms with van der Waals surface area (Å²) in [6.45, 7) is 0. The number of pyridine rings is 1. The van der Waals surface area contributed by atoms with E-state index in [-0.39, 0.29) is 0 Å². The number of fused-ring (bicyclic) bond motifs is 12. The third kappa shape index (κ3) is 2.23. The first kappa shape index (κ1) is 18.2. The Morgan fingerprint density at radius 3 is 1.49 bits per heavy atom. The minimum Gasteiger partial charge on any atom is -0.309 e. The molecule has 2 nitrogen and oxygen atoms in total. The maximum atomic E-state index is 4.72. The summed E-state index contributed by atoms with van der Waals surface area (Å²) >= 11 is 0. The van der Waals surface area contributed by atoms with Crippen molar-refractivity contribution in [1.82, 2.24) is 4.98 Å². The van der Waals surface area contributed by atoms with Crippen molar-refractivity contribution in [2.75, 3.05) is 4.90 Å². The normalized spacial score (nSPS) is 14.9. The molecule has 9 rings (SSSR count). The van der Waals surface area contributed by atoms with Crippen LogP contribution in [0.1, 0.15) is 44.5 Å². The molecule has 2 heteroatoms. The highest BCUT2D eigenvalue weighted by molar-refractivity contribution is 5.94. The molecule has 4 aromatic carbocycles. The van der Waals surface area contributed by atoms with Crippen molar-refractivity contribution in [2.24, 2.45) is 0 Å². The van der Waals surface area contributed by atoms with Gasteiger partial charge in [-0.2, -0.15) is 0 Å². The number of hydrogen-bond acceptors (Lipinski definition) is 2. The summed E-state index contributed by atoms with van der Waals surface area (Å²) in [7, 11) is 0. The highest BCUT2D eigenvalue weighted by atomic mass is 15.2. The van der Waals surface area contributed by atoms with Crippen LogP contribution in [0.5, 0.6) is 0 Å². The Hall–Kier alpha value is -4.17. The zero-order chi connectivity index (χ0) is 22.7. The summed E-state index contributed by atoms with van der Waals surface area (Å²) < 4.78 is 0. The first-order valence-electron chi connectivity index (χ1n) is 12.6. The molecule has 4 aliphatic rings. The minimum atomic E-state index is 0.963. The maximum Gasteiger partial charge on any atom is 0.0563 e. The van der Waals surface area contributed by atoms with E-state index in [4.69, 9.17) is 4.98 Å². The van der Waals surface area contributed by atoms with Gasteiger partial charge in [0.1, 0.15) is 0 Å². The number of benzene rings is 4. The van der Waals surface area contributed by atoms with Crippen molar-refractivity contribution in [3.05, 3.63) is 130 Å². The number of aromatic nitrogens is 1. The number of rotatable bonds is 0. The summed E-state index contributed by atoms with van der Waals surface area (Å²) in [6, 6.07) is 27.3. The number of nitrogens with zero attached hydrogens (tertiary/aromatic N) is 2. The number of hydrogen-bond donors (Lipinski definition) is 0. The van der Waals surface area contributed by atoms with Crippen molar-refractivity contribution >= 4 is 17.1 Å². The third-order valence-corrected chi connectivity index (χ3v) is 8.67. The van der Waals surface area contributed by atoms with Gasteiger partial charge in [-0.05, 0) is 91.7 Å². The lowest BCUT2D eigenvalue weighted by molar-refractivity contribution is 0.965. The van der Waals surface area contributed by atoms with Crippen LogP contribution in [-0.2, 0) is 25.7 Å². The lowest BCUT2D eigenvalue weighted by Gasteiger charge is -2.40. The van der Waals surface area contributed by atoms with Crippen LogP contribution in [0.25, 0.3) is 22.3 Å². The van der Waals surface area contributed by atoms with Gasteiger partial charge in [-0.1, -0.05) is 60.7 Å². The van der Waals surface area contributed by atoms with Gasteiger partial charge in [-0.25, -0.2) is 0 Å². The van der Waals surface area contributed by atoms with Gasteiger partial charge >= 0.3 is 0 Å². The summed E-state index contributed by atoms with van der Waals surface area (Å²) in [6.07, 6.45) is 8.18. The molecule has 164 valence electrons. The van der Waals surface area contributed by atoms with Gasteiger partial charge in [-0.15, -0.1) is 0 Å². The second-order valence-electron chi connectivity index (χ2n) is 10.3. The van der Waals surface area contributed by atoms with E-state index >= 15 is 0 Å². The predicted molar refractivity (Wildman–Crippen MR) is 141 cm³/mol. The average molecular weight is 447 g/mol. The smallest absolute Gasteiger partial charge is 0.0563 e. The summed E-state index contributed by atoms with van der Waals surface area (Å²) in [4.78, 5) is 7.29. The van der Waals surface area contributed by atoms with Crippen molar-refractivity contribution in [3.63, 3.8) is 0 Å². The molecular formula is C33H22N2. The van der Waals surface area contributed by atoms with Crippen molar-refractivity contribution in [1.29, 1.82) is 0 Å². The molecular weight excluding hydrogens is 424 g/mol. The van der Waals surface area contributed by atoms with Crippen LogP contribution in [-0.4, -0.2) is 4.98 Å². The SMILES string of the molecule is c1ccc2c(c1)Cc1c-2ccc2c1Cc1cncc3c1N2c1ccc2c(c1C3)Cc1ccccc1-2. The van der Waals surface area contributed by atoms with Crippen LogP contribution in [0.4, 0.5) is 17.1 Å². The molecule has 2 aliphatic carbocycles. The lowest BCUT2D eigenvalue weighted by Crippen LogP contribution is -2.26. The van der Waals surface area contributed by atoms with E-state index in [1.165, 1.54) is 83.8 Å². The standard InChI is InChI=1S/C33H22N2/c1-3-7-23-19(5-1)13-27-25(23)9-11-31-29(27)15-21-17-34-18-22-16-30-28-14-20-6-2-4-8-24(20)26(28)10-12-32(30)35(31)33(21)22/h1-12,17-18H,13-16H2. The molecule has 0 atom stereocenters. The van der Waals surface area contributed by atoms with Crippen LogP contribution in [0.3, 0.4) is 0 Å². The molecule has 5 aromatic rings. The third-order valence-electron chi connectivity index (χ3n) is 8.67. The minimum absolute atomic E-state index is 0.963. The first-order chi connectivity index (χ1) is 17.3. The Morgan fingerprint density at radius 2 is 0.943 bits per heavy atom. The molecule has 0 saturated carbocycles. The van der Waals surface area contributed by atoms with Gasteiger partial charge < -0.3 is 4.90 Å². The number of anilines is 3. The average Bonchev–Trinajstić information content (AvgIpc) is 3.47. The van der Waals surface area contributed by atoms with Crippen LogP contribution in [0.2, 0.25) is 0 Å². The summed E-state index contributed by atoms with van der Waals surface area (Å²) in [5, 5.41) is 0. The van der Waals surface area contributed by atoms with Gasteiger partial charge in [0.05, 0.1) is 17.1 Å². The molecule has 0 saturated heterocycles.